The third-order valence-electron chi connectivity index (χ3n) is 7.29. The molecule has 0 aliphatic rings. The lowest BCUT2D eigenvalue weighted by atomic mass is 9.82. The molecule has 0 atom stereocenters. The predicted molar refractivity (Wildman–Crippen MR) is 160 cm³/mol. The average molecular weight is 504 g/mol. The van der Waals surface area contributed by atoms with Crippen LogP contribution < -0.4 is 0 Å². The number of aryl methyl sites for hydroxylation is 1. The zero-order valence-electron chi connectivity index (χ0n) is 22.5. The number of aromatic nitrogens is 1. The minimum atomic E-state index is 0.0381. The molecule has 0 spiro atoms. The van der Waals surface area contributed by atoms with E-state index in [0.717, 1.165) is 23.5 Å². The Kier molecular flexibility index (Phi) is 5.72. The first-order valence-electron chi connectivity index (χ1n) is 13.1. The van der Waals surface area contributed by atoms with E-state index < -0.39 is 0 Å². The summed E-state index contributed by atoms with van der Waals surface area (Å²) < 4.78 is 7.44. The van der Waals surface area contributed by atoms with Gasteiger partial charge < -0.3 is 4.42 Å². The van der Waals surface area contributed by atoms with Gasteiger partial charge in [-0.2, -0.15) is 0 Å². The monoisotopic (exact) mass is 503 g/mol. The molecule has 6 rings (SSSR count). The van der Waals surface area contributed by atoms with E-state index in [9.17, 15) is 0 Å². The maximum absolute atomic E-state index is 6.20. The molecule has 3 heterocycles. The van der Waals surface area contributed by atoms with E-state index in [-0.39, 0.29) is 5.41 Å². The van der Waals surface area contributed by atoms with Crippen LogP contribution in [0.2, 0.25) is 0 Å². The first kappa shape index (κ1) is 23.9. The standard InChI is InChI=1S/C34H33NOS/c1-20(2)15-30-21(3)27-17-23(11-12-29(27)36-30)31-19-24-13-14-35-32(33(24)37-31)25-16-22-9-7-8-10-26(22)28(18-25)34(4,5)6/h7-14,16-20H,15H2,1-6H3. The van der Waals surface area contributed by atoms with E-state index in [2.05, 4.69) is 108 Å². The second-order valence-corrected chi connectivity index (χ2v) is 12.7. The average Bonchev–Trinajstić information content (AvgIpc) is 3.43. The van der Waals surface area contributed by atoms with Crippen LogP contribution in [-0.2, 0) is 11.8 Å². The van der Waals surface area contributed by atoms with Crippen LogP contribution >= 0.6 is 11.3 Å². The molecule has 2 nitrogen and oxygen atoms in total. The molecule has 3 heteroatoms. The van der Waals surface area contributed by atoms with Crippen LogP contribution in [0.15, 0.2) is 77.3 Å². The quantitative estimate of drug-likeness (QED) is 0.239. The molecule has 0 N–H and O–H groups in total. The number of furan rings is 1. The Labute approximate surface area is 223 Å². The highest BCUT2D eigenvalue weighted by molar-refractivity contribution is 7.22. The second-order valence-electron chi connectivity index (χ2n) is 11.6. The van der Waals surface area contributed by atoms with Gasteiger partial charge in [-0.15, -0.1) is 11.3 Å². The van der Waals surface area contributed by atoms with Gasteiger partial charge in [0.2, 0.25) is 0 Å². The summed E-state index contributed by atoms with van der Waals surface area (Å²) in [7, 11) is 0. The normalized spacial score (nSPS) is 12.4. The maximum Gasteiger partial charge on any atom is 0.134 e. The molecule has 0 radical (unpaired) electrons. The molecule has 3 aromatic carbocycles. The van der Waals surface area contributed by atoms with E-state index in [1.165, 1.54) is 53.4 Å². The summed E-state index contributed by atoms with van der Waals surface area (Å²) in [6.45, 7) is 13.5. The Morgan fingerprint density at radius 2 is 1.68 bits per heavy atom. The molecule has 0 saturated carbocycles. The van der Waals surface area contributed by atoms with E-state index in [4.69, 9.17) is 9.40 Å². The van der Waals surface area contributed by atoms with Crippen molar-refractivity contribution in [2.75, 3.05) is 0 Å². The Balaban J connectivity index is 1.49. The van der Waals surface area contributed by atoms with Gasteiger partial charge in [-0.3, -0.25) is 4.98 Å². The van der Waals surface area contributed by atoms with Crippen molar-refractivity contribution >= 4 is 43.2 Å². The Morgan fingerprint density at radius 3 is 2.46 bits per heavy atom. The molecule has 186 valence electrons. The van der Waals surface area contributed by atoms with Crippen molar-refractivity contribution < 1.29 is 4.42 Å². The van der Waals surface area contributed by atoms with E-state index in [0.29, 0.717) is 5.92 Å². The number of benzene rings is 3. The van der Waals surface area contributed by atoms with Crippen molar-refractivity contribution in [2.24, 2.45) is 5.92 Å². The van der Waals surface area contributed by atoms with Gasteiger partial charge >= 0.3 is 0 Å². The Bertz CT molecular complexity index is 1780. The fourth-order valence-electron chi connectivity index (χ4n) is 5.37. The van der Waals surface area contributed by atoms with Gasteiger partial charge in [-0.05, 0) is 93.6 Å². The topological polar surface area (TPSA) is 26.0 Å². The molecule has 0 aliphatic carbocycles. The van der Waals surface area contributed by atoms with Gasteiger partial charge in [0.05, 0.1) is 10.4 Å². The van der Waals surface area contributed by atoms with E-state index in [1.807, 2.05) is 17.5 Å². The van der Waals surface area contributed by atoms with Crippen molar-refractivity contribution in [1.82, 2.24) is 4.98 Å². The molecule has 3 aromatic heterocycles. The number of thiophene rings is 1. The minimum absolute atomic E-state index is 0.0381. The number of nitrogens with zero attached hydrogens (tertiary/aromatic N) is 1. The van der Waals surface area contributed by atoms with E-state index in [1.54, 1.807) is 0 Å². The molecule has 0 amide bonds. The van der Waals surface area contributed by atoms with Gasteiger partial charge in [0, 0.05) is 28.4 Å². The van der Waals surface area contributed by atoms with Crippen LogP contribution in [0.1, 0.15) is 51.5 Å². The fraction of sp³-hybridized carbons (Fsp3) is 0.265. The number of hydrogen-bond donors (Lipinski definition) is 0. The maximum atomic E-state index is 6.20. The number of fused-ring (bicyclic) bond motifs is 3. The summed E-state index contributed by atoms with van der Waals surface area (Å²) >= 11 is 1.83. The zero-order valence-corrected chi connectivity index (χ0v) is 23.3. The molecule has 0 bridgehead atoms. The Hall–Kier alpha value is -3.43. The molecule has 37 heavy (non-hydrogen) atoms. The largest absolute Gasteiger partial charge is 0.461 e. The van der Waals surface area contributed by atoms with Crippen LogP contribution in [0.3, 0.4) is 0 Å². The molecule has 0 saturated heterocycles. The van der Waals surface area contributed by atoms with Gasteiger partial charge in [-0.25, -0.2) is 0 Å². The number of rotatable bonds is 4. The zero-order chi connectivity index (χ0) is 25.9. The van der Waals surface area contributed by atoms with Crippen molar-refractivity contribution in [3.05, 3.63) is 89.8 Å². The summed E-state index contributed by atoms with van der Waals surface area (Å²) in [6.07, 6.45) is 2.91. The highest BCUT2D eigenvalue weighted by Crippen LogP contribution is 2.42. The first-order valence-corrected chi connectivity index (χ1v) is 14.0. The summed E-state index contributed by atoms with van der Waals surface area (Å²) in [6, 6.07) is 24.4. The van der Waals surface area contributed by atoms with Crippen molar-refractivity contribution in [1.29, 1.82) is 0 Å². The van der Waals surface area contributed by atoms with Crippen LogP contribution in [0.5, 0.6) is 0 Å². The molecule has 6 aromatic rings. The van der Waals surface area contributed by atoms with Gasteiger partial charge in [0.1, 0.15) is 11.3 Å². The second kappa shape index (κ2) is 8.85. The van der Waals surface area contributed by atoms with Gasteiger partial charge in [0.25, 0.3) is 0 Å². The highest BCUT2D eigenvalue weighted by atomic mass is 32.1. The van der Waals surface area contributed by atoms with Crippen molar-refractivity contribution in [2.45, 2.75) is 53.4 Å². The highest BCUT2D eigenvalue weighted by Gasteiger charge is 2.20. The van der Waals surface area contributed by atoms with Crippen molar-refractivity contribution in [3.8, 4) is 21.7 Å². The molecule has 0 fully saturated rings. The molecular formula is C34H33NOS. The summed E-state index contributed by atoms with van der Waals surface area (Å²) in [4.78, 5) is 6.16. The third-order valence-corrected chi connectivity index (χ3v) is 8.50. The smallest absolute Gasteiger partial charge is 0.134 e. The van der Waals surface area contributed by atoms with Crippen LogP contribution in [0, 0.1) is 12.8 Å². The summed E-state index contributed by atoms with van der Waals surface area (Å²) in [5.74, 6) is 1.68. The lowest BCUT2D eigenvalue weighted by Crippen LogP contribution is -2.12. The molecule has 0 unspecified atom stereocenters. The summed E-state index contributed by atoms with van der Waals surface area (Å²) in [5, 5.41) is 5.03. The van der Waals surface area contributed by atoms with Crippen molar-refractivity contribution in [3.63, 3.8) is 0 Å². The SMILES string of the molecule is Cc1c(CC(C)C)oc2ccc(-c3cc4ccnc(-c5cc(C(C)(C)C)c6ccccc6c5)c4s3)cc12. The lowest BCUT2D eigenvalue weighted by Gasteiger charge is -2.22. The Morgan fingerprint density at radius 1 is 0.865 bits per heavy atom. The number of hydrogen-bond acceptors (Lipinski definition) is 3. The fourth-order valence-corrected chi connectivity index (χ4v) is 6.53. The van der Waals surface area contributed by atoms with Gasteiger partial charge in [0.15, 0.2) is 0 Å². The van der Waals surface area contributed by atoms with Crippen LogP contribution in [0.25, 0.3) is 53.5 Å². The molecule has 0 aliphatic heterocycles. The first-order chi connectivity index (χ1) is 17.7. The van der Waals surface area contributed by atoms with Gasteiger partial charge in [-0.1, -0.05) is 58.9 Å². The minimum Gasteiger partial charge on any atom is -0.461 e. The lowest BCUT2D eigenvalue weighted by molar-refractivity contribution is 0.496. The number of pyridine rings is 1. The predicted octanol–water partition coefficient (Wildman–Crippen LogP) is 10.3. The third kappa shape index (κ3) is 4.26. The van der Waals surface area contributed by atoms with Crippen LogP contribution in [0.4, 0.5) is 0 Å². The van der Waals surface area contributed by atoms with Crippen LogP contribution in [-0.4, -0.2) is 4.98 Å². The van der Waals surface area contributed by atoms with E-state index >= 15 is 0 Å². The summed E-state index contributed by atoms with van der Waals surface area (Å²) in [5.41, 5.74) is 7.11. The molecular weight excluding hydrogens is 470 g/mol.